The molecule has 2 aromatic heterocycles. The molecular formula is C28H30F3N7O5. The first kappa shape index (κ1) is 29.8. The summed E-state index contributed by atoms with van der Waals surface area (Å²) in [7, 11) is 0. The van der Waals surface area contributed by atoms with E-state index >= 15 is 0 Å². The Hall–Kier alpha value is -4.66. The number of alkyl halides is 3. The lowest BCUT2D eigenvalue weighted by Crippen LogP contribution is -2.41. The number of hydrogen-bond donors (Lipinski definition) is 4. The lowest BCUT2D eigenvalue weighted by atomic mass is 9.76. The Labute approximate surface area is 244 Å². The summed E-state index contributed by atoms with van der Waals surface area (Å²) in [5.74, 6) is -2.52. The van der Waals surface area contributed by atoms with Gasteiger partial charge in [-0.05, 0) is 61.4 Å². The number of carbonyl (C=O) groups is 2. The van der Waals surface area contributed by atoms with Gasteiger partial charge in [-0.1, -0.05) is 6.07 Å². The molecule has 0 saturated carbocycles. The summed E-state index contributed by atoms with van der Waals surface area (Å²) in [6, 6.07) is 6.40. The van der Waals surface area contributed by atoms with Crippen molar-refractivity contribution in [2.75, 3.05) is 30.3 Å². The number of nitrogens with two attached hydrogens (primary N) is 1. The molecule has 5 rings (SSSR count). The van der Waals surface area contributed by atoms with Gasteiger partial charge in [0.25, 0.3) is 0 Å². The average Bonchev–Trinajstić information content (AvgIpc) is 3.56. The number of rotatable bonds is 8. The summed E-state index contributed by atoms with van der Waals surface area (Å²) < 4.78 is 50.8. The summed E-state index contributed by atoms with van der Waals surface area (Å²) in [4.78, 5) is 32.4. The standard InChI is InChI=1S/C28H30F3N7O5/c1-16-6-9-38(36-16)20-4-2-17(3-5-23(39)40)12-18(20)24(28(29,30)31)43-22-13-21(34-26(32)35-22)37-10-7-27(8-11-37)14-19(25(41)42)33-15-27/h2-6,9,12-13,19,24,33H,7-8,10-11,14-15H2,1H3,(H,39,40)(H,41,42)(H2,32,34,35)/t19-,24+/m0/s1. The average molecular weight is 602 g/mol. The maximum absolute atomic E-state index is 14.7. The molecule has 1 aromatic carbocycles. The van der Waals surface area contributed by atoms with Crippen LogP contribution in [0.25, 0.3) is 11.8 Å². The molecule has 12 nitrogen and oxygen atoms in total. The quantitative estimate of drug-likeness (QED) is 0.279. The van der Waals surface area contributed by atoms with Crippen molar-refractivity contribution in [2.24, 2.45) is 5.41 Å². The first-order valence-corrected chi connectivity index (χ1v) is 13.5. The predicted octanol–water partition coefficient (Wildman–Crippen LogP) is 3.37. The highest BCUT2D eigenvalue weighted by atomic mass is 19.4. The van der Waals surface area contributed by atoms with Crippen molar-refractivity contribution in [2.45, 2.75) is 44.5 Å². The topological polar surface area (TPSA) is 169 Å². The number of aromatic nitrogens is 4. The molecule has 15 heteroatoms. The van der Waals surface area contributed by atoms with Crippen molar-refractivity contribution < 1.29 is 37.7 Å². The first-order chi connectivity index (χ1) is 20.3. The van der Waals surface area contributed by atoms with Gasteiger partial charge in [0, 0.05) is 43.5 Å². The van der Waals surface area contributed by atoms with Crippen LogP contribution in [0.1, 0.15) is 42.2 Å². The van der Waals surface area contributed by atoms with E-state index in [1.165, 1.54) is 41.2 Å². The van der Waals surface area contributed by atoms with Gasteiger partial charge in [0.2, 0.25) is 17.9 Å². The summed E-state index contributed by atoms with van der Waals surface area (Å²) in [6.07, 6.45) is -2.09. The number of nitrogens with zero attached hydrogens (tertiary/aromatic N) is 5. The van der Waals surface area contributed by atoms with Gasteiger partial charge in [-0.15, -0.1) is 0 Å². The van der Waals surface area contributed by atoms with Gasteiger partial charge >= 0.3 is 18.1 Å². The minimum Gasteiger partial charge on any atom is -0.480 e. The Morgan fingerprint density at radius 3 is 2.53 bits per heavy atom. The summed E-state index contributed by atoms with van der Waals surface area (Å²) in [5, 5.41) is 25.6. The highest BCUT2D eigenvalue weighted by Crippen LogP contribution is 2.42. The summed E-state index contributed by atoms with van der Waals surface area (Å²) in [5.41, 5.74) is 6.28. The second-order valence-electron chi connectivity index (χ2n) is 10.8. The number of aliphatic carboxylic acids is 2. The van der Waals surface area contributed by atoms with E-state index in [1.807, 2.05) is 4.90 Å². The second kappa shape index (κ2) is 11.6. The molecule has 43 heavy (non-hydrogen) atoms. The first-order valence-electron chi connectivity index (χ1n) is 13.5. The SMILES string of the molecule is Cc1ccn(-c2ccc(C=CC(=O)O)cc2[C@@H](Oc2cc(N3CCC4(CC3)CN[C@H](C(=O)O)C4)nc(N)n2)C(F)(F)F)n1. The normalized spacial score (nSPS) is 19.2. The van der Waals surface area contributed by atoms with Crippen LogP contribution in [0.5, 0.6) is 5.88 Å². The molecule has 3 aromatic rings. The van der Waals surface area contributed by atoms with Gasteiger partial charge in [0.1, 0.15) is 11.9 Å². The van der Waals surface area contributed by atoms with Crippen molar-refractivity contribution in [3.63, 3.8) is 0 Å². The number of halogens is 3. The van der Waals surface area contributed by atoms with Crippen LogP contribution < -0.4 is 20.7 Å². The fourth-order valence-corrected chi connectivity index (χ4v) is 5.57. The van der Waals surface area contributed by atoms with Crippen LogP contribution >= 0.6 is 0 Å². The predicted molar refractivity (Wildman–Crippen MR) is 149 cm³/mol. The number of hydrogen-bond acceptors (Lipinski definition) is 9. The van der Waals surface area contributed by atoms with Crippen molar-refractivity contribution in [1.29, 1.82) is 0 Å². The van der Waals surface area contributed by atoms with Crippen molar-refractivity contribution in [3.8, 4) is 11.6 Å². The monoisotopic (exact) mass is 601 g/mol. The van der Waals surface area contributed by atoms with Gasteiger partial charge in [0.05, 0.1) is 11.4 Å². The number of nitrogen functional groups attached to an aromatic ring is 1. The van der Waals surface area contributed by atoms with E-state index in [9.17, 15) is 27.9 Å². The van der Waals surface area contributed by atoms with Gasteiger partial charge in [-0.25, -0.2) is 9.48 Å². The Balaban J connectivity index is 1.45. The Bertz CT molecular complexity index is 1550. The molecule has 5 N–H and O–H groups in total. The van der Waals surface area contributed by atoms with Crippen LogP contribution in [-0.2, 0) is 9.59 Å². The highest BCUT2D eigenvalue weighted by molar-refractivity contribution is 5.85. The van der Waals surface area contributed by atoms with Crippen LogP contribution in [0, 0.1) is 12.3 Å². The number of nitrogens with one attached hydrogen (secondary N) is 1. The van der Waals surface area contributed by atoms with Gasteiger partial charge in [-0.2, -0.15) is 28.2 Å². The van der Waals surface area contributed by atoms with E-state index in [4.69, 9.17) is 15.6 Å². The molecule has 2 fully saturated rings. The molecule has 0 aliphatic carbocycles. The number of aryl methyl sites for hydroxylation is 1. The Morgan fingerprint density at radius 2 is 1.93 bits per heavy atom. The van der Waals surface area contributed by atoms with Crippen LogP contribution in [0.15, 0.2) is 42.6 Å². The van der Waals surface area contributed by atoms with Gasteiger partial charge < -0.3 is 30.9 Å². The third kappa shape index (κ3) is 6.71. The third-order valence-corrected chi connectivity index (χ3v) is 7.77. The number of carboxylic acid groups (broad SMARTS) is 2. The van der Waals surface area contributed by atoms with E-state index in [-0.39, 0.29) is 28.2 Å². The second-order valence-corrected chi connectivity index (χ2v) is 10.8. The zero-order chi connectivity index (χ0) is 30.9. The van der Waals surface area contributed by atoms with Crippen molar-refractivity contribution in [3.05, 3.63) is 59.4 Å². The number of piperidine rings is 1. The molecule has 4 heterocycles. The molecule has 2 aliphatic heterocycles. The molecule has 2 saturated heterocycles. The smallest absolute Gasteiger partial charge is 0.429 e. The molecular weight excluding hydrogens is 571 g/mol. The highest BCUT2D eigenvalue weighted by Gasteiger charge is 2.46. The van der Waals surface area contributed by atoms with Crippen LogP contribution in [0.3, 0.4) is 0 Å². The third-order valence-electron chi connectivity index (χ3n) is 7.77. The molecule has 228 valence electrons. The van der Waals surface area contributed by atoms with E-state index in [0.717, 1.165) is 6.08 Å². The van der Waals surface area contributed by atoms with Crippen molar-refractivity contribution >= 4 is 29.8 Å². The van der Waals surface area contributed by atoms with Gasteiger partial charge in [0.15, 0.2) is 0 Å². The number of anilines is 2. The summed E-state index contributed by atoms with van der Waals surface area (Å²) in [6.45, 7) is 3.25. The molecule has 0 amide bonds. The summed E-state index contributed by atoms with van der Waals surface area (Å²) >= 11 is 0. The van der Waals surface area contributed by atoms with Crippen LogP contribution in [0.2, 0.25) is 0 Å². The molecule has 1 spiro atoms. The number of ether oxygens (including phenoxy) is 1. The Kier molecular flexibility index (Phi) is 8.01. The number of benzene rings is 1. The van der Waals surface area contributed by atoms with E-state index < -0.39 is 36.1 Å². The Morgan fingerprint density at radius 1 is 1.19 bits per heavy atom. The molecule has 0 radical (unpaired) electrons. The number of carboxylic acids is 2. The van der Waals surface area contributed by atoms with Gasteiger partial charge in [-0.3, -0.25) is 4.79 Å². The fourth-order valence-electron chi connectivity index (χ4n) is 5.57. The maximum atomic E-state index is 14.7. The zero-order valence-electron chi connectivity index (χ0n) is 23.1. The van der Waals surface area contributed by atoms with Crippen molar-refractivity contribution in [1.82, 2.24) is 25.1 Å². The van der Waals surface area contributed by atoms with Crippen LogP contribution in [-0.4, -0.2) is 73.8 Å². The maximum Gasteiger partial charge on any atom is 0.429 e. The van der Waals surface area contributed by atoms with E-state index in [0.29, 0.717) is 50.4 Å². The molecule has 2 aliphatic rings. The largest absolute Gasteiger partial charge is 0.480 e. The fraction of sp³-hybridized carbons (Fsp3) is 0.393. The molecule has 2 atom stereocenters. The lowest BCUT2D eigenvalue weighted by Gasteiger charge is -2.39. The van der Waals surface area contributed by atoms with E-state index in [2.05, 4.69) is 20.4 Å². The van der Waals surface area contributed by atoms with Crippen LogP contribution in [0.4, 0.5) is 24.9 Å². The zero-order valence-corrected chi connectivity index (χ0v) is 23.1. The minimum absolute atomic E-state index is 0.0799. The molecule has 0 unspecified atom stereocenters. The molecule has 0 bridgehead atoms. The lowest BCUT2D eigenvalue weighted by molar-refractivity contribution is -0.198. The minimum atomic E-state index is -4.92. The van der Waals surface area contributed by atoms with E-state index in [1.54, 1.807) is 13.0 Å².